The van der Waals surface area contributed by atoms with Crippen molar-refractivity contribution in [3.05, 3.63) is 52.1 Å². The van der Waals surface area contributed by atoms with Crippen LogP contribution >= 0.6 is 0 Å². The highest BCUT2D eigenvalue weighted by atomic mass is 16.6. The first-order chi connectivity index (χ1) is 10.0. The molecule has 1 rings (SSSR count). The van der Waals surface area contributed by atoms with Crippen LogP contribution in [0.15, 0.2) is 36.4 Å². The molecule has 1 aromatic rings. The second-order valence-electron chi connectivity index (χ2n) is 4.01. The van der Waals surface area contributed by atoms with Crippen LogP contribution in [0.5, 0.6) is 0 Å². The van der Waals surface area contributed by atoms with E-state index < -0.39 is 16.9 Å². The molecule has 112 valence electrons. The van der Waals surface area contributed by atoms with E-state index in [-0.39, 0.29) is 17.9 Å². The van der Waals surface area contributed by atoms with Crippen molar-refractivity contribution in [1.29, 1.82) is 0 Å². The van der Waals surface area contributed by atoms with E-state index in [1.165, 1.54) is 37.5 Å². The second kappa shape index (κ2) is 8.47. The molecule has 0 atom stereocenters. The maximum atomic E-state index is 11.6. The number of ether oxygens (including phenoxy) is 2. The lowest BCUT2D eigenvalue weighted by molar-refractivity contribution is -0.384. The summed E-state index contributed by atoms with van der Waals surface area (Å²) in [7, 11) is 1.29. The van der Waals surface area contributed by atoms with Crippen LogP contribution in [0.3, 0.4) is 0 Å². The number of carbonyl (C=O) groups excluding carboxylic acids is 2. The number of esters is 2. The Morgan fingerprint density at radius 1 is 1.29 bits per heavy atom. The summed E-state index contributed by atoms with van der Waals surface area (Å²) < 4.78 is 9.42. The molecule has 0 N–H and O–H groups in total. The second-order valence-corrected chi connectivity index (χ2v) is 4.01. The van der Waals surface area contributed by atoms with Gasteiger partial charge in [-0.05, 0) is 25.0 Å². The minimum absolute atomic E-state index is 0.0838. The molecule has 0 aliphatic heterocycles. The summed E-state index contributed by atoms with van der Waals surface area (Å²) in [6, 6.07) is 5.18. The molecule has 0 spiro atoms. The van der Waals surface area contributed by atoms with Crippen LogP contribution in [0.4, 0.5) is 5.69 Å². The number of rotatable bonds is 7. The van der Waals surface area contributed by atoms with Crippen molar-refractivity contribution in [3.63, 3.8) is 0 Å². The van der Waals surface area contributed by atoms with Crippen LogP contribution in [-0.2, 0) is 14.3 Å². The molecule has 0 saturated carbocycles. The standard InChI is InChI=1S/C14H15NO6/c1-20-13(16)5-3-2-4-10-21-14(17)11-6-8-12(9-7-11)15(18)19/h3,5-9H,2,4,10H2,1H3/b5-3+. The molecule has 0 saturated heterocycles. The van der Waals surface area contributed by atoms with Gasteiger partial charge in [-0.3, -0.25) is 10.1 Å². The Morgan fingerprint density at radius 3 is 2.52 bits per heavy atom. The fourth-order valence-corrected chi connectivity index (χ4v) is 1.42. The van der Waals surface area contributed by atoms with Gasteiger partial charge >= 0.3 is 11.9 Å². The van der Waals surface area contributed by atoms with Gasteiger partial charge in [-0.15, -0.1) is 0 Å². The predicted molar refractivity (Wildman–Crippen MR) is 73.8 cm³/mol. The van der Waals surface area contributed by atoms with Gasteiger partial charge in [0.2, 0.25) is 0 Å². The van der Waals surface area contributed by atoms with E-state index in [2.05, 4.69) is 4.74 Å². The number of hydrogen-bond acceptors (Lipinski definition) is 6. The lowest BCUT2D eigenvalue weighted by Crippen LogP contribution is -2.06. The van der Waals surface area contributed by atoms with Gasteiger partial charge in [-0.1, -0.05) is 6.08 Å². The zero-order chi connectivity index (χ0) is 15.7. The molecule has 0 bridgehead atoms. The fraction of sp³-hybridized carbons (Fsp3) is 0.286. The zero-order valence-corrected chi connectivity index (χ0v) is 11.5. The molecule has 7 nitrogen and oxygen atoms in total. The van der Waals surface area contributed by atoms with Crippen molar-refractivity contribution >= 4 is 17.6 Å². The number of non-ortho nitro benzene ring substituents is 1. The van der Waals surface area contributed by atoms with E-state index in [4.69, 9.17) is 4.74 Å². The molecule has 0 radical (unpaired) electrons. The SMILES string of the molecule is COC(=O)/C=C/CCCOC(=O)c1ccc([N+](=O)[O-])cc1. The van der Waals surface area contributed by atoms with Crippen LogP contribution < -0.4 is 0 Å². The normalized spacial score (nSPS) is 10.3. The summed E-state index contributed by atoms with van der Waals surface area (Å²) in [5.74, 6) is -0.972. The third-order valence-electron chi connectivity index (χ3n) is 2.52. The molecule has 0 fully saturated rings. The Bertz CT molecular complexity index is 535. The molecule has 0 aromatic heterocycles. The topological polar surface area (TPSA) is 95.7 Å². The Morgan fingerprint density at radius 2 is 1.95 bits per heavy atom. The molecule has 0 unspecified atom stereocenters. The van der Waals surface area contributed by atoms with Gasteiger partial charge in [0.15, 0.2) is 0 Å². The Balaban J connectivity index is 2.32. The first-order valence-electron chi connectivity index (χ1n) is 6.20. The fourth-order valence-electron chi connectivity index (χ4n) is 1.42. The van der Waals surface area contributed by atoms with Crippen molar-refractivity contribution in [3.8, 4) is 0 Å². The highest BCUT2D eigenvalue weighted by molar-refractivity contribution is 5.89. The number of unbranched alkanes of at least 4 members (excludes halogenated alkanes) is 1. The van der Waals surface area contributed by atoms with Crippen molar-refractivity contribution < 1.29 is 24.0 Å². The van der Waals surface area contributed by atoms with Crippen molar-refractivity contribution in [2.75, 3.05) is 13.7 Å². The summed E-state index contributed by atoms with van der Waals surface area (Å²) >= 11 is 0. The van der Waals surface area contributed by atoms with Gasteiger partial charge in [0, 0.05) is 18.2 Å². The third-order valence-corrected chi connectivity index (χ3v) is 2.52. The minimum Gasteiger partial charge on any atom is -0.466 e. The van der Waals surface area contributed by atoms with Crippen molar-refractivity contribution in [2.45, 2.75) is 12.8 Å². The maximum Gasteiger partial charge on any atom is 0.338 e. The highest BCUT2D eigenvalue weighted by Crippen LogP contribution is 2.12. The number of hydrogen-bond donors (Lipinski definition) is 0. The van der Waals surface area contributed by atoms with Crippen LogP contribution in [0, 0.1) is 10.1 Å². The number of benzene rings is 1. The summed E-state index contributed by atoms with van der Waals surface area (Å²) in [6.07, 6.45) is 4.07. The smallest absolute Gasteiger partial charge is 0.338 e. The van der Waals surface area contributed by atoms with Gasteiger partial charge in [0.05, 0.1) is 24.2 Å². The average Bonchev–Trinajstić information content (AvgIpc) is 2.50. The molecular formula is C14H15NO6. The van der Waals surface area contributed by atoms with Gasteiger partial charge < -0.3 is 9.47 Å². The van der Waals surface area contributed by atoms with E-state index in [1.807, 2.05) is 0 Å². The number of allylic oxidation sites excluding steroid dienone is 1. The van der Waals surface area contributed by atoms with Crippen molar-refractivity contribution in [1.82, 2.24) is 0 Å². The summed E-state index contributed by atoms with van der Waals surface area (Å²) in [4.78, 5) is 32.3. The van der Waals surface area contributed by atoms with E-state index in [0.717, 1.165) is 0 Å². The summed E-state index contributed by atoms with van der Waals surface area (Å²) in [6.45, 7) is 0.196. The Labute approximate surface area is 121 Å². The first-order valence-corrected chi connectivity index (χ1v) is 6.20. The largest absolute Gasteiger partial charge is 0.466 e. The zero-order valence-electron chi connectivity index (χ0n) is 11.5. The highest BCUT2D eigenvalue weighted by Gasteiger charge is 2.10. The molecule has 0 aliphatic rings. The van der Waals surface area contributed by atoms with E-state index >= 15 is 0 Å². The summed E-state index contributed by atoms with van der Waals surface area (Å²) in [5.41, 5.74) is 0.171. The molecule has 21 heavy (non-hydrogen) atoms. The number of carbonyl (C=O) groups is 2. The van der Waals surface area contributed by atoms with E-state index in [1.54, 1.807) is 6.08 Å². The quantitative estimate of drug-likeness (QED) is 0.251. The Hall–Kier alpha value is -2.70. The van der Waals surface area contributed by atoms with Crippen LogP contribution in [0.2, 0.25) is 0 Å². The lowest BCUT2D eigenvalue weighted by atomic mass is 10.2. The van der Waals surface area contributed by atoms with E-state index in [9.17, 15) is 19.7 Å². The number of nitro groups is 1. The number of nitrogens with zero attached hydrogens (tertiary/aromatic N) is 1. The molecule has 7 heteroatoms. The molecule has 1 aromatic carbocycles. The lowest BCUT2D eigenvalue weighted by Gasteiger charge is -2.03. The van der Waals surface area contributed by atoms with Gasteiger partial charge in [-0.2, -0.15) is 0 Å². The van der Waals surface area contributed by atoms with Crippen molar-refractivity contribution in [2.24, 2.45) is 0 Å². The average molecular weight is 293 g/mol. The van der Waals surface area contributed by atoms with E-state index in [0.29, 0.717) is 12.8 Å². The summed E-state index contributed by atoms with van der Waals surface area (Å²) in [5, 5.41) is 10.5. The number of nitro benzene ring substituents is 1. The molecule has 0 amide bonds. The van der Waals surface area contributed by atoms with Crippen LogP contribution in [0.25, 0.3) is 0 Å². The molecular weight excluding hydrogens is 278 g/mol. The number of methoxy groups -OCH3 is 1. The minimum atomic E-state index is -0.540. The Kier molecular flexibility index (Phi) is 6.59. The monoisotopic (exact) mass is 293 g/mol. The predicted octanol–water partition coefficient (Wildman–Crippen LogP) is 2.26. The maximum absolute atomic E-state index is 11.6. The van der Waals surface area contributed by atoms with Gasteiger partial charge in [0.1, 0.15) is 0 Å². The molecule has 0 aliphatic carbocycles. The third kappa shape index (κ3) is 5.85. The molecule has 0 heterocycles. The van der Waals surface area contributed by atoms with Gasteiger partial charge in [0.25, 0.3) is 5.69 Å². The van der Waals surface area contributed by atoms with Crippen LogP contribution in [-0.4, -0.2) is 30.6 Å². The first kappa shape index (κ1) is 16.4. The van der Waals surface area contributed by atoms with Crippen LogP contribution in [0.1, 0.15) is 23.2 Å². The van der Waals surface area contributed by atoms with Gasteiger partial charge in [-0.25, -0.2) is 9.59 Å².